The van der Waals surface area contributed by atoms with Gasteiger partial charge in [0.25, 0.3) is 0 Å². The molecule has 0 aromatic heterocycles. The molecule has 0 radical (unpaired) electrons. The molecular weight excluding hydrogens is 839 g/mol. The van der Waals surface area contributed by atoms with Gasteiger partial charge in [-0.2, -0.15) is 0 Å². The third-order valence-electron chi connectivity index (χ3n) is 14.0. The van der Waals surface area contributed by atoms with E-state index < -0.39 is 18.2 Å². The van der Waals surface area contributed by atoms with Gasteiger partial charge in [0.1, 0.15) is 6.10 Å². The fourth-order valence-electron chi connectivity index (χ4n) is 9.38. The van der Waals surface area contributed by atoms with Crippen molar-refractivity contribution >= 4 is 11.9 Å². The van der Waals surface area contributed by atoms with Crippen molar-refractivity contribution in [2.45, 2.75) is 341 Å². The number of carbonyl (C=O) groups excluding carboxylic acids is 2. The number of hydrogen-bond donors (Lipinski definition) is 3. The highest BCUT2D eigenvalue weighted by Crippen LogP contribution is 2.19. The molecule has 0 fully saturated rings. The number of aliphatic hydroxyl groups is 2. The van der Waals surface area contributed by atoms with Gasteiger partial charge in [0.2, 0.25) is 5.91 Å². The number of amides is 1. The van der Waals surface area contributed by atoms with Gasteiger partial charge in [0, 0.05) is 6.42 Å². The van der Waals surface area contributed by atoms with Crippen molar-refractivity contribution in [2.75, 3.05) is 6.61 Å². The highest BCUT2D eigenvalue weighted by Gasteiger charge is 2.24. The molecule has 0 spiro atoms. The van der Waals surface area contributed by atoms with Gasteiger partial charge < -0.3 is 20.3 Å². The molecule has 3 unspecified atom stereocenters. The molecule has 0 aliphatic rings. The van der Waals surface area contributed by atoms with E-state index in [0.29, 0.717) is 19.3 Å². The minimum Gasteiger partial charge on any atom is -0.462 e. The topological polar surface area (TPSA) is 95.9 Å². The summed E-state index contributed by atoms with van der Waals surface area (Å²) in [5.41, 5.74) is 0. The second-order valence-electron chi connectivity index (χ2n) is 20.8. The number of unbranched alkanes of at least 4 members (excludes halogenated alkanes) is 37. The van der Waals surface area contributed by atoms with E-state index in [2.05, 4.69) is 62.5 Å². The largest absolute Gasteiger partial charge is 0.462 e. The van der Waals surface area contributed by atoms with Gasteiger partial charge in [-0.15, -0.1) is 0 Å². The van der Waals surface area contributed by atoms with E-state index in [1.54, 1.807) is 0 Å². The molecule has 0 aromatic carbocycles. The van der Waals surface area contributed by atoms with Crippen molar-refractivity contribution in [1.82, 2.24) is 5.32 Å². The summed E-state index contributed by atoms with van der Waals surface area (Å²) >= 11 is 0. The highest BCUT2D eigenvalue weighted by atomic mass is 16.5. The summed E-state index contributed by atoms with van der Waals surface area (Å²) in [5, 5.41) is 23.9. The van der Waals surface area contributed by atoms with Crippen molar-refractivity contribution in [3.63, 3.8) is 0 Å². The Hall–Kier alpha value is -1.92. The maximum Gasteiger partial charge on any atom is 0.306 e. The van der Waals surface area contributed by atoms with Crippen molar-refractivity contribution in [1.29, 1.82) is 0 Å². The Balaban J connectivity index is 4.56. The number of carbonyl (C=O) groups is 2. The summed E-state index contributed by atoms with van der Waals surface area (Å²) in [7, 11) is 0. The van der Waals surface area contributed by atoms with Crippen molar-refractivity contribution < 1.29 is 24.5 Å². The van der Waals surface area contributed by atoms with Gasteiger partial charge in [0.15, 0.2) is 0 Å². The van der Waals surface area contributed by atoms with E-state index in [9.17, 15) is 19.8 Å². The molecule has 0 aliphatic carbocycles. The quantitative estimate of drug-likeness (QED) is 0.0321. The number of nitrogens with one attached hydrogen (secondary N) is 1. The van der Waals surface area contributed by atoms with Gasteiger partial charge in [-0.1, -0.05) is 282 Å². The molecule has 6 heteroatoms. The average molecular weight is 957 g/mol. The van der Waals surface area contributed by atoms with Crippen molar-refractivity contribution in [3.05, 3.63) is 36.5 Å². The molecule has 0 bridgehead atoms. The number of rotatable bonds is 55. The monoisotopic (exact) mass is 956 g/mol. The third-order valence-corrected chi connectivity index (χ3v) is 14.0. The maximum atomic E-state index is 13.3. The van der Waals surface area contributed by atoms with Crippen molar-refractivity contribution in [2.24, 2.45) is 0 Å². The zero-order valence-electron chi connectivity index (χ0n) is 45.8. The van der Waals surface area contributed by atoms with E-state index in [1.165, 1.54) is 199 Å². The Bertz CT molecular complexity index is 1120. The van der Waals surface area contributed by atoms with E-state index in [-0.39, 0.29) is 24.9 Å². The number of hydrogen-bond acceptors (Lipinski definition) is 5. The summed E-state index contributed by atoms with van der Waals surface area (Å²) in [4.78, 5) is 26.3. The van der Waals surface area contributed by atoms with Gasteiger partial charge >= 0.3 is 5.97 Å². The highest BCUT2D eigenvalue weighted by molar-refractivity contribution is 5.77. The zero-order valence-corrected chi connectivity index (χ0v) is 45.8. The van der Waals surface area contributed by atoms with Crippen LogP contribution in [-0.2, 0) is 14.3 Å². The van der Waals surface area contributed by atoms with E-state index >= 15 is 0 Å². The lowest BCUT2D eigenvalue weighted by molar-refractivity contribution is -0.151. The Morgan fingerprint density at radius 3 is 1.16 bits per heavy atom. The number of aliphatic hydroxyl groups excluding tert-OH is 2. The normalized spacial score (nSPS) is 13.3. The lowest BCUT2D eigenvalue weighted by atomic mass is 10.0. The lowest BCUT2D eigenvalue weighted by Gasteiger charge is -2.24. The van der Waals surface area contributed by atoms with Crippen LogP contribution in [0.4, 0.5) is 0 Å². The first-order chi connectivity index (χ1) is 33.5. The number of ether oxygens (including phenoxy) is 1. The Labute approximate surface area is 424 Å². The second kappa shape index (κ2) is 56.0. The van der Waals surface area contributed by atoms with Crippen LogP contribution in [0.15, 0.2) is 36.5 Å². The molecule has 400 valence electrons. The molecule has 68 heavy (non-hydrogen) atoms. The molecule has 0 heterocycles. The van der Waals surface area contributed by atoms with Gasteiger partial charge in [-0.05, 0) is 64.2 Å². The Morgan fingerprint density at radius 2 is 0.750 bits per heavy atom. The van der Waals surface area contributed by atoms with Gasteiger partial charge in [-0.25, -0.2) is 0 Å². The van der Waals surface area contributed by atoms with E-state index in [4.69, 9.17) is 4.74 Å². The summed E-state index contributed by atoms with van der Waals surface area (Å²) in [6.07, 6.45) is 67.8. The predicted octanol–water partition coefficient (Wildman–Crippen LogP) is 18.8. The first kappa shape index (κ1) is 66.1. The Kier molecular flexibility index (Phi) is 54.4. The van der Waals surface area contributed by atoms with E-state index in [1.807, 2.05) is 0 Å². The van der Waals surface area contributed by atoms with Gasteiger partial charge in [-0.3, -0.25) is 9.59 Å². The lowest BCUT2D eigenvalue weighted by Crippen LogP contribution is -2.46. The van der Waals surface area contributed by atoms with Crippen LogP contribution < -0.4 is 5.32 Å². The van der Waals surface area contributed by atoms with E-state index in [0.717, 1.165) is 77.0 Å². The average Bonchev–Trinajstić information content (AvgIpc) is 3.33. The summed E-state index contributed by atoms with van der Waals surface area (Å²) in [5.74, 6) is -0.477. The molecule has 0 saturated carbocycles. The zero-order chi connectivity index (χ0) is 49.5. The van der Waals surface area contributed by atoms with Crippen LogP contribution in [0.5, 0.6) is 0 Å². The molecule has 6 nitrogen and oxygen atoms in total. The SMILES string of the molecule is CCCCC/C=C\C/C=C\C/C=C\CCCCCCC(CC(=O)NC(CO)C(O)CCCCCCCCCCCCCCCCCC)OC(=O)CCCCCCCCCCCCCCCCCC. The van der Waals surface area contributed by atoms with Crippen LogP contribution >= 0.6 is 0 Å². The van der Waals surface area contributed by atoms with Crippen LogP contribution in [0.25, 0.3) is 0 Å². The fourth-order valence-corrected chi connectivity index (χ4v) is 9.38. The maximum absolute atomic E-state index is 13.3. The van der Waals surface area contributed by atoms with Crippen LogP contribution in [0.3, 0.4) is 0 Å². The Morgan fingerprint density at radius 1 is 0.426 bits per heavy atom. The predicted molar refractivity (Wildman–Crippen MR) is 296 cm³/mol. The van der Waals surface area contributed by atoms with Crippen LogP contribution in [0, 0.1) is 0 Å². The first-order valence-corrected chi connectivity index (χ1v) is 30.2. The van der Waals surface area contributed by atoms with Crippen LogP contribution in [-0.4, -0.2) is 46.9 Å². The minimum atomic E-state index is -0.793. The summed E-state index contributed by atoms with van der Waals surface area (Å²) in [6.45, 7) is 6.50. The molecule has 0 aliphatic heterocycles. The van der Waals surface area contributed by atoms with Crippen molar-refractivity contribution in [3.8, 4) is 0 Å². The molecule has 1 amide bonds. The smallest absolute Gasteiger partial charge is 0.306 e. The third kappa shape index (κ3) is 50.5. The molecule has 0 aromatic rings. The summed E-state index contributed by atoms with van der Waals surface area (Å²) < 4.78 is 5.97. The molecule has 3 atom stereocenters. The molecular formula is C62H117NO5. The summed E-state index contributed by atoms with van der Waals surface area (Å²) in [6, 6.07) is -0.707. The second-order valence-corrected chi connectivity index (χ2v) is 20.8. The first-order valence-electron chi connectivity index (χ1n) is 30.2. The number of esters is 1. The molecule has 0 rings (SSSR count). The minimum absolute atomic E-state index is 0.0673. The standard InChI is InChI=1S/C62H117NO5/c1-4-7-10-13-16-19-22-25-28-31-32-35-38-41-44-47-50-53-58(68-62(67)55-52-49-46-43-40-37-34-30-27-24-21-18-15-12-9-6-3)56-61(66)63-59(57-64)60(65)54-51-48-45-42-39-36-33-29-26-23-20-17-14-11-8-5-2/h16,19,25,28,32,35,58-60,64-65H,4-15,17-18,20-24,26-27,29-31,33-34,36-57H2,1-3H3,(H,63,66)/b19-16-,28-25-,35-32-. The number of allylic oxidation sites excluding steroid dienone is 6. The van der Waals surface area contributed by atoms with Gasteiger partial charge in [0.05, 0.1) is 25.2 Å². The molecule has 0 saturated heterocycles. The fraction of sp³-hybridized carbons (Fsp3) is 0.871. The van der Waals surface area contributed by atoms with Crippen LogP contribution in [0.2, 0.25) is 0 Å². The molecule has 3 N–H and O–H groups in total. The van der Waals surface area contributed by atoms with Crippen LogP contribution in [0.1, 0.15) is 323 Å².